The van der Waals surface area contributed by atoms with Crippen LogP contribution in [0.25, 0.3) is 0 Å². The molecule has 0 aromatic heterocycles. The molecular weight excluding hydrogens is 369 g/mol. The Balaban J connectivity index is 1.65. The van der Waals surface area contributed by atoms with Crippen molar-refractivity contribution in [2.75, 3.05) is 19.6 Å². The molecule has 2 amide bonds. The van der Waals surface area contributed by atoms with Gasteiger partial charge in [-0.3, -0.25) is 9.59 Å². The molecule has 0 radical (unpaired) electrons. The van der Waals surface area contributed by atoms with E-state index in [1.54, 1.807) is 6.07 Å². The van der Waals surface area contributed by atoms with Gasteiger partial charge >= 0.3 is 6.18 Å². The summed E-state index contributed by atoms with van der Waals surface area (Å²) in [5.74, 6) is -0.277. The smallest absolute Gasteiger partial charge is 0.342 e. The largest absolute Gasteiger partial charge is 0.416 e. The number of halogens is 3. The highest BCUT2D eigenvalue weighted by Crippen LogP contribution is 2.30. The molecule has 0 saturated carbocycles. The molecule has 2 fully saturated rings. The molecule has 2 saturated heterocycles. The zero-order valence-corrected chi connectivity index (χ0v) is 16.0. The van der Waals surface area contributed by atoms with E-state index in [2.05, 4.69) is 0 Å². The Hall–Kier alpha value is -2.05. The van der Waals surface area contributed by atoms with Gasteiger partial charge in [-0.1, -0.05) is 31.4 Å². The van der Waals surface area contributed by atoms with Crippen LogP contribution in [0.2, 0.25) is 0 Å². The number of amides is 2. The molecular formula is C21H27F3N2O2. The summed E-state index contributed by atoms with van der Waals surface area (Å²) in [6.07, 6.45) is 1.87. The van der Waals surface area contributed by atoms with Crippen LogP contribution in [-0.2, 0) is 22.3 Å². The minimum atomic E-state index is -4.41. The van der Waals surface area contributed by atoms with Crippen LogP contribution in [0.5, 0.6) is 0 Å². The van der Waals surface area contributed by atoms with Gasteiger partial charge in [-0.05, 0) is 37.0 Å². The molecule has 1 aromatic carbocycles. The number of benzene rings is 1. The van der Waals surface area contributed by atoms with Crippen molar-refractivity contribution in [3.05, 3.63) is 35.4 Å². The number of hydrogen-bond acceptors (Lipinski definition) is 2. The molecule has 0 bridgehead atoms. The number of alkyl halides is 3. The lowest BCUT2D eigenvalue weighted by atomic mass is 9.94. The summed E-state index contributed by atoms with van der Waals surface area (Å²) in [5.41, 5.74) is -0.287. The summed E-state index contributed by atoms with van der Waals surface area (Å²) >= 11 is 0. The second-order valence-electron chi connectivity index (χ2n) is 7.80. The number of likely N-dealkylation sites (tertiary alicyclic amines) is 2. The van der Waals surface area contributed by atoms with Gasteiger partial charge in [-0.25, -0.2) is 0 Å². The van der Waals surface area contributed by atoms with E-state index in [4.69, 9.17) is 0 Å². The molecule has 7 heteroatoms. The van der Waals surface area contributed by atoms with E-state index >= 15 is 0 Å². The third-order valence-electron chi connectivity index (χ3n) is 5.64. The number of piperidine rings is 1. The maximum absolute atomic E-state index is 12.9. The summed E-state index contributed by atoms with van der Waals surface area (Å²) in [6.45, 7) is 1.91. The van der Waals surface area contributed by atoms with Gasteiger partial charge in [-0.2, -0.15) is 13.2 Å². The quantitative estimate of drug-likeness (QED) is 0.767. The minimum Gasteiger partial charge on any atom is -0.342 e. The summed E-state index contributed by atoms with van der Waals surface area (Å²) < 4.78 is 38.8. The van der Waals surface area contributed by atoms with Crippen LogP contribution in [0.15, 0.2) is 24.3 Å². The molecule has 0 aliphatic carbocycles. The van der Waals surface area contributed by atoms with Crippen LogP contribution >= 0.6 is 0 Å². The molecule has 154 valence electrons. The average Bonchev–Trinajstić information content (AvgIpc) is 2.62. The molecule has 28 heavy (non-hydrogen) atoms. The molecule has 4 nitrogen and oxygen atoms in total. The fourth-order valence-electron chi connectivity index (χ4n) is 4.06. The zero-order valence-electron chi connectivity index (χ0n) is 16.0. The monoisotopic (exact) mass is 396 g/mol. The summed E-state index contributed by atoms with van der Waals surface area (Å²) in [5, 5.41) is 0. The van der Waals surface area contributed by atoms with Crippen molar-refractivity contribution in [1.82, 2.24) is 9.80 Å². The zero-order chi connectivity index (χ0) is 20.1. The first-order valence-corrected chi connectivity index (χ1v) is 10.1. The fourth-order valence-corrected chi connectivity index (χ4v) is 4.06. The minimum absolute atomic E-state index is 0.0865. The molecule has 1 aromatic rings. The molecule has 2 aliphatic heterocycles. The number of rotatable bonds is 3. The van der Waals surface area contributed by atoms with Crippen molar-refractivity contribution in [1.29, 1.82) is 0 Å². The predicted octanol–water partition coefficient (Wildman–Crippen LogP) is 4.24. The second kappa shape index (κ2) is 8.97. The van der Waals surface area contributed by atoms with Gasteiger partial charge in [0.25, 0.3) is 0 Å². The standard InChI is InChI=1S/C21H27F3N2O2/c22-21(23,24)18-8-6-7-16(13-18)14-26-15-17(9-10-19(26)27)20(28)25-11-4-2-1-3-5-12-25/h6-8,13,17H,1-5,9-12,14-15H2/t17-/m1/s1. The Labute approximate surface area is 163 Å². The predicted molar refractivity (Wildman–Crippen MR) is 99.3 cm³/mol. The third-order valence-corrected chi connectivity index (χ3v) is 5.64. The van der Waals surface area contributed by atoms with Gasteiger partial charge in [0, 0.05) is 32.6 Å². The maximum atomic E-state index is 12.9. The van der Waals surface area contributed by atoms with E-state index in [1.807, 2.05) is 4.90 Å². The van der Waals surface area contributed by atoms with Gasteiger partial charge in [0.05, 0.1) is 11.5 Å². The second-order valence-corrected chi connectivity index (χ2v) is 7.80. The highest BCUT2D eigenvalue weighted by Gasteiger charge is 2.34. The van der Waals surface area contributed by atoms with Crippen molar-refractivity contribution >= 4 is 11.8 Å². The summed E-state index contributed by atoms with van der Waals surface area (Å²) in [4.78, 5) is 28.7. The lowest BCUT2D eigenvalue weighted by Gasteiger charge is -2.35. The van der Waals surface area contributed by atoms with Crippen molar-refractivity contribution in [2.45, 2.75) is 57.7 Å². The van der Waals surface area contributed by atoms with Crippen LogP contribution in [0.4, 0.5) is 13.2 Å². The van der Waals surface area contributed by atoms with E-state index in [1.165, 1.54) is 17.4 Å². The first-order valence-electron chi connectivity index (χ1n) is 10.1. The van der Waals surface area contributed by atoms with Gasteiger partial charge in [0.15, 0.2) is 0 Å². The highest BCUT2D eigenvalue weighted by molar-refractivity contribution is 5.84. The Morgan fingerprint density at radius 1 is 1.07 bits per heavy atom. The average molecular weight is 396 g/mol. The van der Waals surface area contributed by atoms with E-state index in [-0.39, 0.29) is 37.2 Å². The van der Waals surface area contributed by atoms with E-state index < -0.39 is 11.7 Å². The number of carbonyl (C=O) groups excluding carboxylic acids is 2. The molecule has 3 rings (SSSR count). The van der Waals surface area contributed by atoms with Gasteiger partial charge in [0.2, 0.25) is 11.8 Å². The Morgan fingerprint density at radius 3 is 2.43 bits per heavy atom. The lowest BCUT2D eigenvalue weighted by Crippen LogP contribution is -2.47. The van der Waals surface area contributed by atoms with Crippen molar-refractivity contribution in [3.63, 3.8) is 0 Å². The van der Waals surface area contributed by atoms with Gasteiger partial charge < -0.3 is 9.80 Å². The first-order chi connectivity index (χ1) is 13.3. The van der Waals surface area contributed by atoms with Crippen LogP contribution in [0, 0.1) is 5.92 Å². The summed E-state index contributed by atoms with van der Waals surface area (Å²) in [6, 6.07) is 5.05. The van der Waals surface area contributed by atoms with Crippen molar-refractivity contribution in [2.24, 2.45) is 5.92 Å². The Kier molecular flexibility index (Phi) is 6.62. The Morgan fingerprint density at radius 2 is 1.75 bits per heavy atom. The van der Waals surface area contributed by atoms with Crippen molar-refractivity contribution < 1.29 is 22.8 Å². The van der Waals surface area contributed by atoms with E-state index in [0.717, 1.165) is 50.9 Å². The van der Waals surface area contributed by atoms with Crippen LogP contribution < -0.4 is 0 Å². The van der Waals surface area contributed by atoms with Gasteiger partial charge in [0.1, 0.15) is 0 Å². The first kappa shape index (κ1) is 20.7. The molecule has 0 N–H and O–H groups in total. The summed E-state index contributed by atoms with van der Waals surface area (Å²) in [7, 11) is 0. The van der Waals surface area contributed by atoms with E-state index in [0.29, 0.717) is 12.0 Å². The van der Waals surface area contributed by atoms with E-state index in [9.17, 15) is 22.8 Å². The normalized spacial score (nSPS) is 22.0. The molecule has 0 spiro atoms. The molecule has 2 heterocycles. The Bertz CT molecular complexity index is 697. The topological polar surface area (TPSA) is 40.6 Å². The SMILES string of the molecule is O=C1CC[C@@H](C(=O)N2CCCCCCC2)CN1Cc1cccc(C(F)(F)F)c1. The highest BCUT2D eigenvalue weighted by atomic mass is 19.4. The third kappa shape index (κ3) is 5.26. The molecule has 0 unspecified atom stereocenters. The lowest BCUT2D eigenvalue weighted by molar-refractivity contribution is -0.143. The van der Waals surface area contributed by atoms with Crippen LogP contribution in [0.3, 0.4) is 0 Å². The number of nitrogens with zero attached hydrogens (tertiary/aromatic N) is 2. The number of hydrogen-bond donors (Lipinski definition) is 0. The molecule has 1 atom stereocenters. The van der Waals surface area contributed by atoms with Crippen molar-refractivity contribution in [3.8, 4) is 0 Å². The maximum Gasteiger partial charge on any atom is 0.416 e. The number of carbonyl (C=O) groups is 2. The van der Waals surface area contributed by atoms with Crippen LogP contribution in [0.1, 0.15) is 56.1 Å². The molecule has 2 aliphatic rings. The fraction of sp³-hybridized carbons (Fsp3) is 0.619. The van der Waals surface area contributed by atoms with Gasteiger partial charge in [-0.15, -0.1) is 0 Å². The van der Waals surface area contributed by atoms with Crippen LogP contribution in [-0.4, -0.2) is 41.2 Å².